The summed E-state index contributed by atoms with van der Waals surface area (Å²) in [5, 5.41) is 10.3. The second kappa shape index (κ2) is 5.33. The van der Waals surface area contributed by atoms with E-state index in [9.17, 15) is 18.3 Å². The molecular formula is C15H18N2O5S. The summed E-state index contributed by atoms with van der Waals surface area (Å²) in [4.78, 5) is 11.6. The molecule has 0 radical (unpaired) electrons. The molecule has 1 aliphatic rings. The highest BCUT2D eigenvalue weighted by atomic mass is 32.2. The number of rotatable bonds is 5. The van der Waals surface area contributed by atoms with Crippen LogP contribution in [0, 0.1) is 0 Å². The fraction of sp³-hybridized carbons (Fsp3) is 0.400. The summed E-state index contributed by atoms with van der Waals surface area (Å²) < 4.78 is 34.4. The van der Waals surface area contributed by atoms with Crippen LogP contribution in [-0.4, -0.2) is 42.8 Å². The number of benzene rings is 1. The number of fused-ring (bicyclic) bond motifs is 1. The van der Waals surface area contributed by atoms with Crippen LogP contribution in [0.25, 0.3) is 10.9 Å². The second-order valence-electron chi connectivity index (χ2n) is 5.91. The summed E-state index contributed by atoms with van der Waals surface area (Å²) in [5.74, 6) is -1.19. The van der Waals surface area contributed by atoms with Crippen LogP contribution in [-0.2, 0) is 26.6 Å². The van der Waals surface area contributed by atoms with Gasteiger partial charge < -0.3 is 14.4 Å². The minimum Gasteiger partial charge on any atom is -0.480 e. The van der Waals surface area contributed by atoms with Gasteiger partial charge >= 0.3 is 5.97 Å². The molecule has 0 aliphatic heterocycles. The monoisotopic (exact) mass is 338 g/mol. The number of nitrogens with zero attached hydrogens (tertiary/aromatic N) is 1. The molecule has 124 valence electrons. The third-order valence-corrected chi connectivity index (χ3v) is 5.93. The van der Waals surface area contributed by atoms with E-state index < -0.39 is 21.5 Å². The zero-order chi connectivity index (χ0) is 16.8. The number of aryl methyl sites for hydroxylation is 1. The number of hydrogen-bond acceptors (Lipinski definition) is 4. The summed E-state index contributed by atoms with van der Waals surface area (Å²) in [6.45, 7) is 0. The lowest BCUT2D eigenvalue weighted by Gasteiger charge is -2.43. The number of aliphatic carboxylic acids is 1. The van der Waals surface area contributed by atoms with Crippen LogP contribution in [0.5, 0.6) is 0 Å². The Bertz CT molecular complexity index is 865. The maximum Gasteiger partial charge on any atom is 0.325 e. The van der Waals surface area contributed by atoms with Gasteiger partial charge in [0, 0.05) is 38.7 Å². The minimum atomic E-state index is -3.94. The summed E-state index contributed by atoms with van der Waals surface area (Å²) in [6.07, 6.45) is 1.82. The van der Waals surface area contributed by atoms with Crippen molar-refractivity contribution < 1.29 is 23.1 Å². The molecule has 1 fully saturated rings. The van der Waals surface area contributed by atoms with E-state index in [4.69, 9.17) is 4.74 Å². The van der Waals surface area contributed by atoms with Gasteiger partial charge in [-0.2, -0.15) is 4.72 Å². The highest BCUT2D eigenvalue weighted by molar-refractivity contribution is 7.89. The van der Waals surface area contributed by atoms with Gasteiger partial charge in [0.15, 0.2) is 0 Å². The molecule has 3 rings (SSSR count). The molecule has 1 aromatic heterocycles. The van der Waals surface area contributed by atoms with Gasteiger partial charge in [0.05, 0.1) is 11.0 Å². The molecular weight excluding hydrogens is 320 g/mol. The van der Waals surface area contributed by atoms with E-state index in [1.807, 2.05) is 23.9 Å². The Morgan fingerprint density at radius 1 is 1.39 bits per heavy atom. The molecule has 0 bridgehead atoms. The summed E-state index contributed by atoms with van der Waals surface area (Å²) in [7, 11) is -0.641. The number of methoxy groups -OCH3 is 1. The van der Waals surface area contributed by atoms with Crippen molar-refractivity contribution in [3.63, 3.8) is 0 Å². The van der Waals surface area contributed by atoms with E-state index in [1.165, 1.54) is 13.2 Å². The van der Waals surface area contributed by atoms with Crippen LogP contribution in [0.2, 0.25) is 0 Å². The Labute approximate surface area is 133 Å². The van der Waals surface area contributed by atoms with Crippen LogP contribution in [0.3, 0.4) is 0 Å². The number of carbonyl (C=O) groups is 1. The average Bonchev–Trinajstić information content (AvgIpc) is 2.83. The zero-order valence-electron chi connectivity index (χ0n) is 12.8. The molecule has 2 aromatic rings. The Hall–Kier alpha value is -1.90. The standard InChI is InChI=1S/C15H18N2O5S/c1-17-6-5-10-3-4-12(7-13(10)17)23(20,21)16-15(14(18)19)8-11(9-15)22-2/h3-7,11,16H,8-9H2,1-2H3,(H,18,19). The lowest BCUT2D eigenvalue weighted by atomic mass is 9.75. The van der Waals surface area contributed by atoms with Crippen LogP contribution in [0.4, 0.5) is 0 Å². The van der Waals surface area contributed by atoms with Crippen molar-refractivity contribution in [2.45, 2.75) is 29.4 Å². The van der Waals surface area contributed by atoms with Gasteiger partial charge in [0.1, 0.15) is 5.54 Å². The second-order valence-corrected chi connectivity index (χ2v) is 7.59. The first-order valence-electron chi connectivity index (χ1n) is 7.13. The number of ether oxygens (including phenoxy) is 1. The van der Waals surface area contributed by atoms with Crippen molar-refractivity contribution in [3.8, 4) is 0 Å². The smallest absolute Gasteiger partial charge is 0.325 e. The predicted molar refractivity (Wildman–Crippen MR) is 83.6 cm³/mol. The van der Waals surface area contributed by atoms with Gasteiger partial charge in [-0.1, -0.05) is 6.07 Å². The first-order valence-corrected chi connectivity index (χ1v) is 8.61. The molecule has 1 heterocycles. The van der Waals surface area contributed by atoms with E-state index in [0.717, 1.165) is 10.9 Å². The molecule has 23 heavy (non-hydrogen) atoms. The van der Waals surface area contributed by atoms with Crippen LogP contribution >= 0.6 is 0 Å². The summed E-state index contributed by atoms with van der Waals surface area (Å²) >= 11 is 0. The molecule has 2 N–H and O–H groups in total. The zero-order valence-corrected chi connectivity index (χ0v) is 13.6. The van der Waals surface area contributed by atoms with Gasteiger partial charge in [-0.3, -0.25) is 4.79 Å². The van der Waals surface area contributed by atoms with E-state index >= 15 is 0 Å². The first kappa shape index (κ1) is 16.0. The Kier molecular flexibility index (Phi) is 3.70. The number of carboxylic acid groups (broad SMARTS) is 1. The maximum absolute atomic E-state index is 12.6. The molecule has 7 nitrogen and oxygen atoms in total. The van der Waals surface area contributed by atoms with E-state index in [-0.39, 0.29) is 23.8 Å². The molecule has 1 saturated carbocycles. The van der Waals surface area contributed by atoms with Gasteiger partial charge in [0.25, 0.3) is 0 Å². The van der Waals surface area contributed by atoms with Crippen molar-refractivity contribution in [3.05, 3.63) is 30.5 Å². The Morgan fingerprint density at radius 3 is 2.70 bits per heavy atom. The van der Waals surface area contributed by atoms with E-state index in [0.29, 0.717) is 0 Å². The predicted octanol–water partition coefficient (Wildman–Crippen LogP) is 1.09. The summed E-state index contributed by atoms with van der Waals surface area (Å²) in [6, 6.07) is 6.61. The molecule has 0 atom stereocenters. The minimum absolute atomic E-state index is 0.0493. The Balaban J connectivity index is 1.93. The lowest BCUT2D eigenvalue weighted by Crippen LogP contribution is -2.64. The topological polar surface area (TPSA) is 97.6 Å². The van der Waals surface area contributed by atoms with E-state index in [2.05, 4.69) is 4.72 Å². The molecule has 1 aromatic carbocycles. The molecule has 0 spiro atoms. The Morgan fingerprint density at radius 2 is 2.09 bits per heavy atom. The number of aromatic nitrogens is 1. The third kappa shape index (κ3) is 2.62. The third-order valence-electron chi connectivity index (χ3n) is 4.39. The number of hydrogen-bond donors (Lipinski definition) is 2. The van der Waals surface area contributed by atoms with Crippen molar-refractivity contribution in [1.29, 1.82) is 0 Å². The first-order chi connectivity index (χ1) is 10.8. The van der Waals surface area contributed by atoms with Crippen molar-refractivity contribution in [2.75, 3.05) is 7.11 Å². The molecule has 8 heteroatoms. The van der Waals surface area contributed by atoms with Gasteiger partial charge in [0.2, 0.25) is 10.0 Å². The number of carboxylic acids is 1. The van der Waals surface area contributed by atoms with Crippen molar-refractivity contribution in [1.82, 2.24) is 9.29 Å². The highest BCUT2D eigenvalue weighted by Crippen LogP contribution is 2.36. The van der Waals surface area contributed by atoms with Crippen LogP contribution < -0.4 is 4.72 Å². The van der Waals surface area contributed by atoms with Gasteiger partial charge in [-0.25, -0.2) is 8.42 Å². The lowest BCUT2D eigenvalue weighted by molar-refractivity contribution is -0.154. The van der Waals surface area contributed by atoms with E-state index in [1.54, 1.807) is 12.1 Å². The fourth-order valence-electron chi connectivity index (χ4n) is 2.91. The summed E-state index contributed by atoms with van der Waals surface area (Å²) in [5.41, 5.74) is -0.733. The number of sulfonamides is 1. The van der Waals surface area contributed by atoms with Crippen LogP contribution in [0.15, 0.2) is 35.4 Å². The van der Waals surface area contributed by atoms with Gasteiger partial charge in [-0.05, 0) is 23.6 Å². The van der Waals surface area contributed by atoms with Crippen molar-refractivity contribution >= 4 is 26.9 Å². The van der Waals surface area contributed by atoms with Crippen molar-refractivity contribution in [2.24, 2.45) is 7.05 Å². The largest absolute Gasteiger partial charge is 0.480 e. The van der Waals surface area contributed by atoms with Gasteiger partial charge in [-0.15, -0.1) is 0 Å². The maximum atomic E-state index is 12.6. The number of nitrogens with one attached hydrogen (secondary N) is 1. The highest BCUT2D eigenvalue weighted by Gasteiger charge is 2.53. The normalized spacial score (nSPS) is 24.5. The molecule has 0 amide bonds. The fourth-order valence-corrected chi connectivity index (χ4v) is 4.31. The molecule has 1 aliphatic carbocycles. The molecule has 0 saturated heterocycles. The van der Waals surface area contributed by atoms with Crippen LogP contribution in [0.1, 0.15) is 12.8 Å². The molecule has 0 unspecified atom stereocenters. The SMILES string of the molecule is COC1CC(NS(=O)(=O)c2ccc3ccn(C)c3c2)(C(=O)O)C1. The average molecular weight is 338 g/mol. The quantitative estimate of drug-likeness (QED) is 0.850.